The number of carboxylic acid groups (broad SMARTS) is 1. The summed E-state index contributed by atoms with van der Waals surface area (Å²) in [6, 6.07) is 4.23. The number of benzene rings is 1. The number of nitrogens with zero attached hydrogens (tertiary/aromatic N) is 2. The average molecular weight is 397 g/mol. The number of aliphatic carboxylic acids is 1. The van der Waals surface area contributed by atoms with Gasteiger partial charge in [0, 0.05) is 31.9 Å². The van der Waals surface area contributed by atoms with E-state index in [-0.39, 0.29) is 17.0 Å². The topological polar surface area (TPSA) is 130 Å². The Morgan fingerprint density at radius 1 is 1.22 bits per heavy atom. The van der Waals surface area contributed by atoms with E-state index in [1.807, 2.05) is 4.90 Å². The van der Waals surface area contributed by atoms with Crippen molar-refractivity contribution in [2.75, 3.05) is 44.3 Å². The van der Waals surface area contributed by atoms with Gasteiger partial charge in [0.25, 0.3) is 5.91 Å². The molecule has 2 fully saturated rings. The van der Waals surface area contributed by atoms with Gasteiger partial charge in [-0.1, -0.05) is 0 Å². The van der Waals surface area contributed by atoms with Crippen molar-refractivity contribution < 1.29 is 27.9 Å². The molecular weight excluding hydrogens is 374 g/mol. The Morgan fingerprint density at radius 2 is 1.89 bits per heavy atom. The number of hydrogen-bond acceptors (Lipinski definition) is 6. The van der Waals surface area contributed by atoms with Gasteiger partial charge < -0.3 is 19.6 Å². The summed E-state index contributed by atoms with van der Waals surface area (Å²) < 4.78 is 28.8. The van der Waals surface area contributed by atoms with E-state index < -0.39 is 27.3 Å². The lowest BCUT2D eigenvalue weighted by atomic mass is 9.90. The quantitative estimate of drug-likeness (QED) is 0.737. The number of likely N-dealkylation sites (tertiary alicyclic amines) is 1. The summed E-state index contributed by atoms with van der Waals surface area (Å²) in [4.78, 5) is 27.9. The molecule has 1 amide bonds. The van der Waals surface area contributed by atoms with E-state index in [9.17, 15) is 23.1 Å². The zero-order valence-corrected chi connectivity index (χ0v) is 15.9. The lowest BCUT2D eigenvalue weighted by Crippen LogP contribution is -2.39. The number of carboxylic acids is 1. The molecule has 3 N–H and O–H groups in total. The van der Waals surface area contributed by atoms with E-state index in [2.05, 4.69) is 0 Å². The van der Waals surface area contributed by atoms with Crippen LogP contribution in [-0.4, -0.2) is 69.7 Å². The molecule has 27 heavy (non-hydrogen) atoms. The second-order valence-electron chi connectivity index (χ2n) is 7.17. The Kier molecular flexibility index (Phi) is 5.15. The monoisotopic (exact) mass is 397 g/mol. The summed E-state index contributed by atoms with van der Waals surface area (Å²) >= 11 is 0. The molecule has 2 saturated heterocycles. The fourth-order valence-corrected chi connectivity index (χ4v) is 3.96. The molecule has 10 heteroatoms. The van der Waals surface area contributed by atoms with Gasteiger partial charge in [-0.3, -0.25) is 9.59 Å². The van der Waals surface area contributed by atoms with Gasteiger partial charge in [-0.15, -0.1) is 0 Å². The molecule has 1 unspecified atom stereocenters. The number of hydrogen-bond donors (Lipinski definition) is 2. The van der Waals surface area contributed by atoms with Crippen molar-refractivity contribution in [3.8, 4) is 0 Å². The molecule has 2 aliphatic heterocycles. The van der Waals surface area contributed by atoms with Crippen LogP contribution in [0.1, 0.15) is 23.7 Å². The normalized spacial score (nSPS) is 23.5. The Bertz CT molecular complexity index is 865. The Balaban J connectivity index is 1.98. The van der Waals surface area contributed by atoms with Gasteiger partial charge in [-0.2, -0.15) is 0 Å². The molecule has 1 aromatic carbocycles. The van der Waals surface area contributed by atoms with Crippen molar-refractivity contribution >= 4 is 27.6 Å². The number of carbonyl (C=O) groups is 2. The number of amides is 1. The molecule has 1 atom stereocenters. The highest BCUT2D eigenvalue weighted by atomic mass is 32.2. The Morgan fingerprint density at radius 3 is 2.44 bits per heavy atom. The van der Waals surface area contributed by atoms with Crippen molar-refractivity contribution in [2.45, 2.75) is 18.2 Å². The summed E-state index contributed by atoms with van der Waals surface area (Å²) in [5.41, 5.74) is -0.204. The Labute approximate surface area is 157 Å². The fourth-order valence-electron chi connectivity index (χ4n) is 3.42. The van der Waals surface area contributed by atoms with Crippen LogP contribution in [0.4, 0.5) is 5.69 Å². The molecule has 0 radical (unpaired) electrons. The van der Waals surface area contributed by atoms with E-state index in [4.69, 9.17) is 9.88 Å². The lowest BCUT2D eigenvalue weighted by molar-refractivity contribution is -0.147. The van der Waals surface area contributed by atoms with Gasteiger partial charge in [0.1, 0.15) is 0 Å². The summed E-state index contributed by atoms with van der Waals surface area (Å²) in [6.45, 7) is 4.12. The van der Waals surface area contributed by atoms with Crippen LogP contribution in [0.25, 0.3) is 0 Å². The average Bonchev–Trinajstić information content (AvgIpc) is 3.04. The van der Waals surface area contributed by atoms with Gasteiger partial charge in [0.05, 0.1) is 29.1 Å². The van der Waals surface area contributed by atoms with E-state index in [0.29, 0.717) is 45.0 Å². The third-order valence-corrected chi connectivity index (χ3v) is 6.07. The van der Waals surface area contributed by atoms with Gasteiger partial charge in [0.2, 0.25) is 10.0 Å². The molecular formula is C17H23N3O6S. The molecule has 0 spiro atoms. The highest BCUT2D eigenvalue weighted by molar-refractivity contribution is 7.89. The maximum Gasteiger partial charge on any atom is 0.311 e. The first kappa shape index (κ1) is 19.6. The van der Waals surface area contributed by atoms with Crippen molar-refractivity contribution in [3.63, 3.8) is 0 Å². The minimum atomic E-state index is -3.97. The zero-order chi connectivity index (χ0) is 19.8. The number of ether oxygens (including phenoxy) is 1. The predicted octanol–water partition coefficient (Wildman–Crippen LogP) is 0.107. The third kappa shape index (κ3) is 3.92. The standard InChI is InChI=1S/C17H23N3O6S/c1-17(16(22)23)4-5-20(11-17)15(21)13-10-12(27(18,24)25)2-3-14(13)19-6-8-26-9-7-19/h2-3,10H,4-9,11H2,1H3,(H,22,23)(H2,18,24,25). The number of sulfonamides is 1. The van der Waals surface area contributed by atoms with Crippen LogP contribution < -0.4 is 10.0 Å². The molecule has 0 saturated carbocycles. The van der Waals surface area contributed by atoms with E-state index in [1.165, 1.54) is 17.0 Å². The molecule has 9 nitrogen and oxygen atoms in total. The second-order valence-corrected chi connectivity index (χ2v) is 8.73. The zero-order valence-electron chi connectivity index (χ0n) is 15.1. The number of nitrogens with two attached hydrogens (primary N) is 1. The molecule has 0 bridgehead atoms. The molecule has 0 aromatic heterocycles. The highest BCUT2D eigenvalue weighted by Crippen LogP contribution is 2.33. The molecule has 2 heterocycles. The minimum Gasteiger partial charge on any atom is -0.481 e. The van der Waals surface area contributed by atoms with E-state index >= 15 is 0 Å². The largest absolute Gasteiger partial charge is 0.481 e. The van der Waals surface area contributed by atoms with Crippen molar-refractivity contribution in [1.29, 1.82) is 0 Å². The molecule has 2 aliphatic rings. The summed E-state index contributed by atoms with van der Waals surface area (Å²) in [5.74, 6) is -1.35. The summed E-state index contributed by atoms with van der Waals surface area (Å²) in [5, 5.41) is 14.6. The fraction of sp³-hybridized carbons (Fsp3) is 0.529. The van der Waals surface area contributed by atoms with Crippen LogP contribution in [0.5, 0.6) is 0 Å². The third-order valence-electron chi connectivity index (χ3n) is 5.16. The lowest BCUT2D eigenvalue weighted by Gasteiger charge is -2.31. The summed E-state index contributed by atoms with van der Waals surface area (Å²) in [6.07, 6.45) is 0.343. The molecule has 1 aromatic rings. The first-order chi connectivity index (χ1) is 12.6. The maximum absolute atomic E-state index is 13.1. The first-order valence-corrected chi connectivity index (χ1v) is 10.2. The number of primary sulfonamides is 1. The minimum absolute atomic E-state index is 0.0727. The van der Waals surface area contributed by atoms with E-state index in [1.54, 1.807) is 13.0 Å². The second kappa shape index (κ2) is 7.10. The van der Waals surface area contributed by atoms with Crippen LogP contribution in [0.15, 0.2) is 23.1 Å². The van der Waals surface area contributed by atoms with Gasteiger partial charge in [-0.05, 0) is 31.5 Å². The SMILES string of the molecule is CC1(C(=O)O)CCN(C(=O)c2cc(S(N)(=O)=O)ccc2N2CCOCC2)C1. The Hall–Kier alpha value is -2.17. The first-order valence-electron chi connectivity index (χ1n) is 8.64. The number of rotatable bonds is 4. The molecule has 3 rings (SSSR count). The van der Waals surface area contributed by atoms with Crippen LogP contribution in [0.2, 0.25) is 0 Å². The van der Waals surface area contributed by atoms with Crippen LogP contribution in [0, 0.1) is 5.41 Å². The van der Waals surface area contributed by atoms with Crippen LogP contribution in [0.3, 0.4) is 0 Å². The number of anilines is 1. The molecule has 0 aliphatic carbocycles. The van der Waals surface area contributed by atoms with Crippen molar-refractivity contribution in [1.82, 2.24) is 4.90 Å². The van der Waals surface area contributed by atoms with Crippen molar-refractivity contribution in [3.05, 3.63) is 23.8 Å². The highest BCUT2D eigenvalue weighted by Gasteiger charge is 2.42. The van der Waals surface area contributed by atoms with Crippen LogP contribution >= 0.6 is 0 Å². The maximum atomic E-state index is 13.1. The van der Waals surface area contributed by atoms with Crippen molar-refractivity contribution in [2.24, 2.45) is 10.6 Å². The van der Waals surface area contributed by atoms with Gasteiger partial charge in [-0.25, -0.2) is 13.6 Å². The van der Waals surface area contributed by atoms with E-state index in [0.717, 1.165) is 0 Å². The van der Waals surface area contributed by atoms with Gasteiger partial charge >= 0.3 is 5.97 Å². The predicted molar refractivity (Wildman–Crippen MR) is 97.1 cm³/mol. The number of morpholine rings is 1. The van der Waals surface area contributed by atoms with Crippen LogP contribution in [-0.2, 0) is 19.6 Å². The summed E-state index contributed by atoms with van der Waals surface area (Å²) in [7, 11) is -3.97. The molecule has 148 valence electrons. The van der Waals surface area contributed by atoms with Gasteiger partial charge in [0.15, 0.2) is 0 Å². The smallest absolute Gasteiger partial charge is 0.311 e. The number of carbonyl (C=O) groups excluding carboxylic acids is 1.